The van der Waals surface area contributed by atoms with E-state index in [1.807, 2.05) is 0 Å². The van der Waals surface area contributed by atoms with Gasteiger partial charge in [-0.05, 0) is 42.7 Å². The van der Waals surface area contributed by atoms with E-state index in [0.717, 1.165) is 23.1 Å². The van der Waals surface area contributed by atoms with Crippen LogP contribution in [0.15, 0.2) is 53.7 Å². The third kappa shape index (κ3) is 5.06. The number of benzene rings is 1. The Labute approximate surface area is 134 Å². The molecule has 0 aliphatic rings. The molecule has 0 saturated heterocycles. The van der Waals surface area contributed by atoms with E-state index >= 15 is 0 Å². The van der Waals surface area contributed by atoms with Crippen molar-refractivity contribution in [1.29, 1.82) is 0 Å². The molecular weight excluding hydrogens is 295 g/mol. The number of rotatable bonds is 6. The second-order valence-electron chi connectivity index (χ2n) is 5.52. The van der Waals surface area contributed by atoms with Gasteiger partial charge in [0.05, 0.1) is 0 Å². The van der Waals surface area contributed by atoms with Gasteiger partial charge in [-0.3, -0.25) is 4.79 Å². The molecule has 1 aromatic carbocycles. The topological polar surface area (TPSA) is 54.6 Å². The zero-order valence-electron chi connectivity index (χ0n) is 13.2. The maximum absolute atomic E-state index is 13.0. The number of hydrogen-bond acceptors (Lipinski definition) is 2. The van der Waals surface area contributed by atoms with Gasteiger partial charge in [0, 0.05) is 12.1 Å². The summed E-state index contributed by atoms with van der Waals surface area (Å²) in [5, 5.41) is 9.67. The van der Waals surface area contributed by atoms with Crippen LogP contribution in [0.5, 0.6) is 0 Å². The van der Waals surface area contributed by atoms with Crippen molar-refractivity contribution in [2.24, 2.45) is 10.9 Å². The lowest BCUT2D eigenvalue weighted by atomic mass is 9.93. The Kier molecular flexibility index (Phi) is 6.09. The molecule has 1 amide bonds. The standard InChI is InChI=1S/C18H21FN2O2/c1-2-3-6-15(13-14-8-10-16(19)11-9-14)18(22)20-17-7-4-5-12-21(17)23/h4-5,7-12,15,23H,2-3,6,13H2,1H3. The maximum atomic E-state index is 13.0. The molecule has 0 fully saturated rings. The summed E-state index contributed by atoms with van der Waals surface area (Å²) < 4.78 is 13.8. The van der Waals surface area contributed by atoms with Crippen molar-refractivity contribution in [3.05, 3.63) is 65.5 Å². The average Bonchev–Trinajstić information content (AvgIpc) is 2.55. The van der Waals surface area contributed by atoms with Crippen LogP contribution in [0.4, 0.5) is 4.39 Å². The molecule has 0 bridgehead atoms. The first-order valence-corrected chi connectivity index (χ1v) is 7.80. The molecule has 2 aromatic rings. The van der Waals surface area contributed by atoms with E-state index in [9.17, 15) is 14.4 Å². The minimum atomic E-state index is -0.291. The molecule has 1 atom stereocenters. The predicted octanol–water partition coefficient (Wildman–Crippen LogP) is 3.34. The maximum Gasteiger partial charge on any atom is 0.251 e. The number of unbranched alkanes of at least 4 members (excludes halogenated alkanes) is 1. The lowest BCUT2D eigenvalue weighted by Crippen LogP contribution is -2.23. The fourth-order valence-electron chi connectivity index (χ4n) is 2.39. The van der Waals surface area contributed by atoms with Gasteiger partial charge in [-0.1, -0.05) is 38.0 Å². The molecule has 2 rings (SSSR count). The van der Waals surface area contributed by atoms with Gasteiger partial charge in [-0.25, -0.2) is 4.39 Å². The largest absolute Gasteiger partial charge is 0.427 e. The Hall–Kier alpha value is -2.43. The van der Waals surface area contributed by atoms with Crippen molar-refractivity contribution >= 4 is 5.91 Å². The number of amides is 1. The van der Waals surface area contributed by atoms with Crippen LogP contribution in [0.2, 0.25) is 0 Å². The molecule has 0 aliphatic heterocycles. The lowest BCUT2D eigenvalue weighted by Gasteiger charge is -2.13. The second kappa shape index (κ2) is 8.27. The molecule has 1 N–H and O–H groups in total. The van der Waals surface area contributed by atoms with Crippen LogP contribution in [-0.4, -0.2) is 15.8 Å². The summed E-state index contributed by atoms with van der Waals surface area (Å²) in [7, 11) is 0. The van der Waals surface area contributed by atoms with Gasteiger partial charge >= 0.3 is 0 Å². The van der Waals surface area contributed by atoms with Crippen molar-refractivity contribution in [3.8, 4) is 0 Å². The Morgan fingerprint density at radius 2 is 2.00 bits per heavy atom. The van der Waals surface area contributed by atoms with Crippen molar-refractivity contribution in [2.45, 2.75) is 32.6 Å². The zero-order chi connectivity index (χ0) is 16.7. The molecule has 0 spiro atoms. The molecule has 1 aromatic heterocycles. The summed E-state index contributed by atoms with van der Waals surface area (Å²) in [5.41, 5.74) is 1.11. The van der Waals surface area contributed by atoms with Crippen LogP contribution < -0.4 is 5.49 Å². The molecular formula is C18H21FN2O2. The van der Waals surface area contributed by atoms with E-state index in [0.29, 0.717) is 12.8 Å². The Morgan fingerprint density at radius 3 is 2.65 bits per heavy atom. The van der Waals surface area contributed by atoms with E-state index in [1.165, 1.54) is 18.3 Å². The highest BCUT2D eigenvalue weighted by Crippen LogP contribution is 2.17. The Morgan fingerprint density at radius 1 is 1.26 bits per heavy atom. The summed E-state index contributed by atoms with van der Waals surface area (Å²) in [6.45, 7) is 2.06. The second-order valence-corrected chi connectivity index (χ2v) is 5.52. The minimum absolute atomic E-state index is 0.207. The van der Waals surface area contributed by atoms with Crippen LogP contribution in [0, 0.1) is 11.7 Å². The molecule has 1 unspecified atom stereocenters. The smallest absolute Gasteiger partial charge is 0.251 e. The summed E-state index contributed by atoms with van der Waals surface area (Å²) in [5.74, 6) is -0.835. The van der Waals surface area contributed by atoms with Crippen LogP contribution in [-0.2, 0) is 11.2 Å². The predicted molar refractivity (Wildman–Crippen MR) is 85.3 cm³/mol. The van der Waals surface area contributed by atoms with Gasteiger partial charge in [-0.2, -0.15) is 9.72 Å². The molecule has 23 heavy (non-hydrogen) atoms. The van der Waals surface area contributed by atoms with Crippen LogP contribution in [0.1, 0.15) is 31.7 Å². The van der Waals surface area contributed by atoms with Gasteiger partial charge < -0.3 is 5.21 Å². The van der Waals surface area contributed by atoms with E-state index in [2.05, 4.69) is 11.9 Å². The normalized spacial score (nSPS) is 13.0. The van der Waals surface area contributed by atoms with Gasteiger partial charge in [0.2, 0.25) is 0 Å². The number of nitrogens with zero attached hydrogens (tertiary/aromatic N) is 2. The molecule has 5 heteroatoms. The minimum Gasteiger partial charge on any atom is -0.427 e. The summed E-state index contributed by atoms with van der Waals surface area (Å²) >= 11 is 0. The summed E-state index contributed by atoms with van der Waals surface area (Å²) in [6, 6.07) is 11.1. The third-order valence-electron chi connectivity index (χ3n) is 3.69. The monoisotopic (exact) mass is 316 g/mol. The van der Waals surface area contributed by atoms with Gasteiger partial charge in [-0.15, -0.1) is 0 Å². The number of hydrogen-bond donors (Lipinski definition) is 1. The van der Waals surface area contributed by atoms with Gasteiger partial charge in [0.1, 0.15) is 5.82 Å². The Balaban J connectivity index is 2.20. The molecule has 4 nitrogen and oxygen atoms in total. The number of carbonyl (C=O) groups excluding carboxylic acids is 1. The fraction of sp³-hybridized carbons (Fsp3) is 0.333. The first-order chi connectivity index (χ1) is 11.1. The summed E-state index contributed by atoms with van der Waals surface area (Å²) in [6.07, 6.45) is 4.56. The number of pyridine rings is 1. The van der Waals surface area contributed by atoms with Crippen LogP contribution >= 0.6 is 0 Å². The first-order valence-electron chi connectivity index (χ1n) is 7.80. The number of carbonyl (C=O) groups is 1. The molecule has 0 aliphatic carbocycles. The van der Waals surface area contributed by atoms with E-state index in [4.69, 9.17) is 0 Å². The van der Waals surface area contributed by atoms with Crippen LogP contribution in [0.25, 0.3) is 0 Å². The molecule has 0 radical (unpaired) electrons. The number of aromatic nitrogens is 1. The van der Waals surface area contributed by atoms with Crippen molar-refractivity contribution in [3.63, 3.8) is 0 Å². The summed E-state index contributed by atoms with van der Waals surface area (Å²) in [4.78, 5) is 16.5. The van der Waals surface area contributed by atoms with Crippen molar-refractivity contribution in [2.75, 3.05) is 0 Å². The molecule has 1 heterocycles. The number of halogens is 1. The highest BCUT2D eigenvalue weighted by atomic mass is 19.1. The zero-order valence-corrected chi connectivity index (χ0v) is 13.2. The van der Waals surface area contributed by atoms with Crippen molar-refractivity contribution < 1.29 is 14.4 Å². The average molecular weight is 316 g/mol. The van der Waals surface area contributed by atoms with Gasteiger partial charge in [0.15, 0.2) is 5.49 Å². The highest BCUT2D eigenvalue weighted by molar-refractivity contribution is 5.79. The van der Waals surface area contributed by atoms with E-state index in [1.54, 1.807) is 30.3 Å². The third-order valence-corrected chi connectivity index (χ3v) is 3.69. The fourth-order valence-corrected chi connectivity index (χ4v) is 2.39. The SMILES string of the molecule is CCCCC(Cc1ccc(F)cc1)C(=O)N=c1ccccn1O. The first kappa shape index (κ1) is 16.9. The Bertz CT molecular complexity index is 707. The van der Waals surface area contributed by atoms with Crippen molar-refractivity contribution in [1.82, 2.24) is 4.73 Å². The lowest BCUT2D eigenvalue weighted by molar-refractivity contribution is -0.122. The molecule has 0 saturated carbocycles. The van der Waals surface area contributed by atoms with Gasteiger partial charge in [0.25, 0.3) is 5.91 Å². The quantitative estimate of drug-likeness (QED) is 0.831. The highest BCUT2D eigenvalue weighted by Gasteiger charge is 2.18. The van der Waals surface area contributed by atoms with Crippen LogP contribution in [0.3, 0.4) is 0 Å². The molecule has 122 valence electrons. The van der Waals surface area contributed by atoms with E-state index < -0.39 is 0 Å². The van der Waals surface area contributed by atoms with E-state index in [-0.39, 0.29) is 23.1 Å².